The van der Waals surface area contributed by atoms with Crippen LogP contribution in [0.15, 0.2) is 36.4 Å². The molecule has 2 amide bonds. The number of fused-ring (bicyclic) bond motifs is 1. The third kappa shape index (κ3) is 4.25. The summed E-state index contributed by atoms with van der Waals surface area (Å²) in [6.45, 7) is 1.79. The zero-order chi connectivity index (χ0) is 23.4. The molecule has 1 heterocycles. The fourth-order valence-electron chi connectivity index (χ4n) is 5.16. The Hall–Kier alpha value is -2.48. The van der Waals surface area contributed by atoms with Gasteiger partial charge in [-0.3, -0.25) is 9.59 Å². The van der Waals surface area contributed by atoms with Crippen LogP contribution in [-0.2, 0) is 9.59 Å². The van der Waals surface area contributed by atoms with Crippen molar-refractivity contribution in [3.05, 3.63) is 57.6 Å². The van der Waals surface area contributed by atoms with Gasteiger partial charge in [0, 0.05) is 33.1 Å². The van der Waals surface area contributed by atoms with Crippen LogP contribution in [0.5, 0.6) is 11.5 Å². The second-order valence-corrected chi connectivity index (χ2v) is 10.2. The summed E-state index contributed by atoms with van der Waals surface area (Å²) in [5.41, 5.74) is 0.857. The van der Waals surface area contributed by atoms with E-state index < -0.39 is 12.2 Å². The van der Waals surface area contributed by atoms with Crippen LogP contribution in [0.2, 0.25) is 10.0 Å². The van der Waals surface area contributed by atoms with Crippen molar-refractivity contribution >= 4 is 35.0 Å². The molecular formula is C24H24Cl2N2O5. The molecule has 0 aromatic heterocycles. The summed E-state index contributed by atoms with van der Waals surface area (Å²) in [6.07, 6.45) is 0.575. The SMILES string of the molecule is Cc1cc(OCC(=O)NC23CC(NC(=O)[C@H]4C[C@H](O)c5cc(Cl)ccc5O4)(C2)C3)ccc1Cl. The molecule has 33 heavy (non-hydrogen) atoms. The molecule has 6 rings (SSSR count). The van der Waals surface area contributed by atoms with E-state index >= 15 is 0 Å². The van der Waals surface area contributed by atoms with Crippen LogP contribution >= 0.6 is 23.2 Å². The number of carbonyl (C=O) groups is 2. The van der Waals surface area contributed by atoms with Gasteiger partial charge in [0.2, 0.25) is 0 Å². The molecule has 4 aliphatic rings. The van der Waals surface area contributed by atoms with E-state index in [1.54, 1.807) is 36.4 Å². The third-order valence-corrected chi connectivity index (χ3v) is 7.31. The highest BCUT2D eigenvalue weighted by atomic mass is 35.5. The molecule has 0 saturated heterocycles. The van der Waals surface area contributed by atoms with Gasteiger partial charge in [0.15, 0.2) is 12.7 Å². The van der Waals surface area contributed by atoms with Gasteiger partial charge in [-0.1, -0.05) is 23.2 Å². The maximum Gasteiger partial charge on any atom is 0.261 e. The van der Waals surface area contributed by atoms with Crippen molar-refractivity contribution in [3.8, 4) is 11.5 Å². The van der Waals surface area contributed by atoms with Gasteiger partial charge >= 0.3 is 0 Å². The average molecular weight is 491 g/mol. The first-order chi connectivity index (χ1) is 15.7. The molecular weight excluding hydrogens is 467 g/mol. The minimum absolute atomic E-state index is 0.0839. The normalized spacial score (nSPS) is 29.0. The fourth-order valence-corrected chi connectivity index (χ4v) is 5.46. The predicted octanol–water partition coefficient (Wildman–Crippen LogP) is 3.47. The van der Waals surface area contributed by atoms with Crippen LogP contribution in [0.25, 0.3) is 0 Å². The fraction of sp³-hybridized carbons (Fsp3) is 0.417. The Bertz CT molecular complexity index is 1120. The lowest BCUT2D eigenvalue weighted by molar-refractivity contribution is -0.155. The zero-order valence-corrected chi connectivity index (χ0v) is 19.5. The molecule has 2 bridgehead atoms. The van der Waals surface area contributed by atoms with Crippen molar-refractivity contribution in [2.75, 3.05) is 6.61 Å². The van der Waals surface area contributed by atoms with Crippen LogP contribution in [0.4, 0.5) is 0 Å². The Morgan fingerprint density at radius 3 is 2.58 bits per heavy atom. The van der Waals surface area contributed by atoms with E-state index in [0.717, 1.165) is 5.56 Å². The molecule has 0 unspecified atom stereocenters. The number of amides is 2. The molecule has 9 heteroatoms. The molecule has 7 nitrogen and oxygen atoms in total. The highest BCUT2D eigenvalue weighted by Crippen LogP contribution is 2.60. The number of rotatable bonds is 6. The van der Waals surface area contributed by atoms with Crippen molar-refractivity contribution in [2.24, 2.45) is 0 Å². The van der Waals surface area contributed by atoms with E-state index in [0.29, 0.717) is 46.4 Å². The predicted molar refractivity (Wildman–Crippen MR) is 123 cm³/mol. The highest BCUT2D eigenvalue weighted by molar-refractivity contribution is 6.31. The van der Waals surface area contributed by atoms with Crippen LogP contribution in [0.3, 0.4) is 0 Å². The Balaban J connectivity index is 1.10. The van der Waals surface area contributed by atoms with Gasteiger partial charge in [-0.2, -0.15) is 0 Å². The van der Waals surface area contributed by atoms with Gasteiger partial charge in [0.05, 0.1) is 6.10 Å². The van der Waals surface area contributed by atoms with Gasteiger partial charge in [0.1, 0.15) is 11.5 Å². The van der Waals surface area contributed by atoms with E-state index in [9.17, 15) is 14.7 Å². The summed E-state index contributed by atoms with van der Waals surface area (Å²) in [5.74, 6) is 0.606. The van der Waals surface area contributed by atoms with Gasteiger partial charge in [-0.25, -0.2) is 0 Å². The average Bonchev–Trinajstić information content (AvgIpc) is 2.72. The number of aryl methyl sites for hydroxylation is 1. The van der Waals surface area contributed by atoms with Gasteiger partial charge in [-0.15, -0.1) is 0 Å². The van der Waals surface area contributed by atoms with Crippen LogP contribution in [-0.4, -0.2) is 40.7 Å². The lowest BCUT2D eigenvalue weighted by Crippen LogP contribution is -2.84. The summed E-state index contributed by atoms with van der Waals surface area (Å²) in [5, 5.41) is 17.7. The molecule has 3 saturated carbocycles. The Labute approximate surface area is 201 Å². The van der Waals surface area contributed by atoms with Gasteiger partial charge in [0.25, 0.3) is 11.8 Å². The number of hydrogen-bond acceptors (Lipinski definition) is 5. The van der Waals surface area contributed by atoms with Crippen molar-refractivity contribution in [3.63, 3.8) is 0 Å². The largest absolute Gasteiger partial charge is 0.484 e. The first-order valence-corrected chi connectivity index (χ1v) is 11.6. The maximum atomic E-state index is 12.8. The molecule has 2 aromatic carbocycles. The summed E-state index contributed by atoms with van der Waals surface area (Å²) in [4.78, 5) is 25.1. The molecule has 174 valence electrons. The Kier molecular flexibility index (Phi) is 5.46. The highest BCUT2D eigenvalue weighted by Gasteiger charge is 2.69. The monoisotopic (exact) mass is 490 g/mol. The number of ether oxygens (including phenoxy) is 2. The Morgan fingerprint density at radius 1 is 1.12 bits per heavy atom. The quantitative estimate of drug-likeness (QED) is 0.575. The van der Waals surface area contributed by atoms with Crippen LogP contribution in [0.1, 0.15) is 42.9 Å². The standard InChI is InChI=1S/C24H24Cl2N2O5/c1-13-6-15(3-4-17(13)26)32-9-21(30)27-23-10-24(11-23,12-23)28-22(31)20-8-18(29)16-7-14(25)2-5-19(16)33-20/h2-7,18,20,29H,8-12H2,1H3,(H,27,30)(H,28,31)/t18-,20+,23?,24?/m0/s1. The van der Waals surface area contributed by atoms with Crippen molar-refractivity contribution in [1.29, 1.82) is 0 Å². The number of nitrogens with one attached hydrogen (secondary N) is 2. The molecule has 3 N–H and O–H groups in total. The molecule has 3 fully saturated rings. The molecule has 0 radical (unpaired) electrons. The maximum absolute atomic E-state index is 12.8. The summed E-state index contributed by atoms with van der Waals surface area (Å²) in [6, 6.07) is 10.2. The third-order valence-electron chi connectivity index (χ3n) is 6.65. The Morgan fingerprint density at radius 2 is 1.85 bits per heavy atom. The molecule has 0 spiro atoms. The number of aliphatic hydroxyl groups is 1. The molecule has 2 aromatic rings. The molecule has 1 aliphatic heterocycles. The van der Waals surface area contributed by atoms with Crippen molar-refractivity contribution < 1.29 is 24.2 Å². The number of halogens is 2. The van der Waals surface area contributed by atoms with E-state index in [4.69, 9.17) is 32.7 Å². The first-order valence-electron chi connectivity index (χ1n) is 10.8. The smallest absolute Gasteiger partial charge is 0.261 e. The topological polar surface area (TPSA) is 96.9 Å². The van der Waals surface area contributed by atoms with Crippen LogP contribution < -0.4 is 20.1 Å². The van der Waals surface area contributed by atoms with Gasteiger partial charge < -0.3 is 25.2 Å². The second kappa shape index (κ2) is 8.08. The number of carbonyl (C=O) groups excluding carboxylic acids is 2. The van der Waals surface area contributed by atoms with E-state index in [1.807, 2.05) is 6.92 Å². The number of benzene rings is 2. The van der Waals surface area contributed by atoms with Gasteiger partial charge in [-0.05, 0) is 68.1 Å². The first kappa shape index (κ1) is 22.3. The minimum Gasteiger partial charge on any atom is -0.484 e. The zero-order valence-electron chi connectivity index (χ0n) is 18.0. The van der Waals surface area contributed by atoms with E-state index in [1.165, 1.54) is 0 Å². The van der Waals surface area contributed by atoms with Crippen molar-refractivity contribution in [1.82, 2.24) is 10.6 Å². The molecule has 3 aliphatic carbocycles. The minimum atomic E-state index is -0.814. The lowest BCUT2D eigenvalue weighted by atomic mass is 9.44. The summed E-state index contributed by atoms with van der Waals surface area (Å²) >= 11 is 12.0. The summed E-state index contributed by atoms with van der Waals surface area (Å²) in [7, 11) is 0. The lowest BCUT2D eigenvalue weighted by Gasteiger charge is -2.70. The van der Waals surface area contributed by atoms with Crippen molar-refractivity contribution in [2.45, 2.75) is 55.9 Å². The number of hydrogen-bond donors (Lipinski definition) is 3. The summed E-state index contributed by atoms with van der Waals surface area (Å²) < 4.78 is 11.4. The number of aliphatic hydroxyl groups excluding tert-OH is 1. The molecule has 2 atom stereocenters. The van der Waals surface area contributed by atoms with Crippen LogP contribution in [0, 0.1) is 6.92 Å². The van der Waals surface area contributed by atoms with E-state index in [-0.39, 0.29) is 35.9 Å². The second-order valence-electron chi connectivity index (χ2n) is 9.37. The van der Waals surface area contributed by atoms with E-state index in [2.05, 4.69) is 10.6 Å².